The Morgan fingerprint density at radius 3 is 2.50 bits per heavy atom. The summed E-state index contributed by atoms with van der Waals surface area (Å²) < 4.78 is 1.01. The Kier molecular flexibility index (Phi) is 4.84. The number of rotatable bonds is 2. The van der Waals surface area contributed by atoms with Crippen molar-refractivity contribution in [2.24, 2.45) is 27.2 Å². The number of aliphatic imine (C=N–C) groups is 2. The molecule has 0 spiro atoms. The number of nitrogens with two attached hydrogens (primary N) is 3. The van der Waals surface area contributed by atoms with E-state index in [9.17, 15) is 10.1 Å². The summed E-state index contributed by atoms with van der Waals surface area (Å²) in [7, 11) is 0. The summed E-state index contributed by atoms with van der Waals surface area (Å²) >= 11 is 5.03. The minimum absolute atomic E-state index is 0.0788. The van der Waals surface area contributed by atoms with Gasteiger partial charge in [-0.2, -0.15) is 4.99 Å². The van der Waals surface area contributed by atoms with Crippen molar-refractivity contribution in [3.8, 4) is 0 Å². The van der Waals surface area contributed by atoms with Crippen molar-refractivity contribution in [3.63, 3.8) is 0 Å². The van der Waals surface area contributed by atoms with Gasteiger partial charge in [-0.25, -0.2) is 4.99 Å². The van der Waals surface area contributed by atoms with E-state index in [4.69, 9.17) is 17.2 Å². The lowest BCUT2D eigenvalue weighted by Crippen LogP contribution is -2.26. The lowest BCUT2D eigenvalue weighted by molar-refractivity contribution is -0.385. The molecule has 1 aromatic rings. The molecule has 96 valence electrons. The molecule has 0 atom stereocenters. The largest absolute Gasteiger partial charge is 0.370 e. The third-order valence-electron chi connectivity index (χ3n) is 1.71. The van der Waals surface area contributed by atoms with Crippen LogP contribution < -0.4 is 17.2 Å². The van der Waals surface area contributed by atoms with Gasteiger partial charge in [0.15, 0.2) is 5.96 Å². The Labute approximate surface area is 124 Å². The summed E-state index contributed by atoms with van der Waals surface area (Å²) in [5.41, 5.74) is 15.6. The first-order chi connectivity index (χ1) is 8.32. The third kappa shape index (κ3) is 3.53. The van der Waals surface area contributed by atoms with Crippen molar-refractivity contribution in [1.29, 1.82) is 0 Å². The summed E-state index contributed by atoms with van der Waals surface area (Å²) in [6.45, 7) is 0. The maximum absolute atomic E-state index is 11.0. The second kappa shape index (κ2) is 5.95. The number of nitro groups is 1. The highest BCUT2D eigenvalue weighted by molar-refractivity contribution is 14.1. The quantitative estimate of drug-likeness (QED) is 0.213. The average molecular weight is 427 g/mol. The molecule has 0 aliphatic heterocycles. The normalized spacial score (nSPS) is 11.1. The van der Waals surface area contributed by atoms with Crippen LogP contribution in [0.15, 0.2) is 26.6 Å². The Morgan fingerprint density at radius 1 is 1.39 bits per heavy atom. The van der Waals surface area contributed by atoms with E-state index >= 15 is 0 Å². The fourth-order valence-corrected chi connectivity index (χ4v) is 2.05. The third-order valence-corrected chi connectivity index (χ3v) is 4.20. The van der Waals surface area contributed by atoms with Crippen LogP contribution in [0.25, 0.3) is 0 Å². The molecule has 18 heavy (non-hydrogen) atoms. The van der Waals surface area contributed by atoms with Gasteiger partial charge >= 0.3 is 5.69 Å². The molecule has 0 saturated heterocycles. The van der Waals surface area contributed by atoms with Crippen molar-refractivity contribution in [2.75, 3.05) is 0 Å². The van der Waals surface area contributed by atoms with Gasteiger partial charge in [-0.05, 0) is 50.7 Å². The summed E-state index contributed by atoms with van der Waals surface area (Å²) in [5, 5.41) is 11.0. The summed E-state index contributed by atoms with van der Waals surface area (Å²) in [4.78, 5) is 17.7. The van der Waals surface area contributed by atoms with Crippen molar-refractivity contribution >= 4 is 61.8 Å². The van der Waals surface area contributed by atoms with E-state index in [2.05, 4.69) is 25.9 Å². The van der Waals surface area contributed by atoms with Crippen LogP contribution in [0, 0.1) is 13.7 Å². The molecule has 0 aromatic heterocycles. The second-order valence-corrected chi connectivity index (χ2v) is 4.93. The molecule has 8 nitrogen and oxygen atoms in total. The van der Waals surface area contributed by atoms with Crippen molar-refractivity contribution in [1.82, 2.24) is 0 Å². The monoisotopic (exact) mass is 426 g/mol. The maximum atomic E-state index is 11.0. The number of hydrogen-bond acceptors (Lipinski definition) is 3. The van der Waals surface area contributed by atoms with E-state index in [0.29, 0.717) is 8.04 Å². The van der Waals surface area contributed by atoms with Crippen LogP contribution in [0.5, 0.6) is 0 Å². The minimum Gasteiger partial charge on any atom is -0.370 e. The van der Waals surface area contributed by atoms with Crippen LogP contribution in [0.3, 0.4) is 0 Å². The van der Waals surface area contributed by atoms with Crippen LogP contribution in [0.2, 0.25) is 0 Å². The molecule has 0 fully saturated rings. The van der Waals surface area contributed by atoms with E-state index in [0.717, 1.165) is 0 Å². The Hall–Kier alpha value is -1.43. The number of nitro benzene ring substituents is 1. The van der Waals surface area contributed by atoms with E-state index < -0.39 is 4.92 Å². The minimum atomic E-state index is -0.547. The first-order valence-corrected chi connectivity index (χ1v) is 6.26. The molecule has 0 heterocycles. The Bertz CT molecular complexity index is 555. The lowest BCUT2D eigenvalue weighted by Gasteiger charge is -2.02. The maximum Gasteiger partial charge on any atom is 0.309 e. The molecule has 0 bridgehead atoms. The smallest absolute Gasteiger partial charge is 0.309 e. The molecule has 6 N–H and O–H groups in total. The molecule has 0 saturated carbocycles. The predicted molar refractivity (Wildman–Crippen MR) is 80.6 cm³/mol. The fourth-order valence-electron chi connectivity index (χ4n) is 1.07. The fraction of sp³-hybridized carbons (Fsp3) is 0. The number of hydrogen-bond donors (Lipinski definition) is 3. The van der Waals surface area contributed by atoms with Crippen LogP contribution in [0.1, 0.15) is 0 Å². The predicted octanol–water partition coefficient (Wildman–Crippen LogP) is 1.18. The second-order valence-electron chi connectivity index (χ2n) is 2.99. The zero-order valence-corrected chi connectivity index (χ0v) is 12.5. The zero-order chi connectivity index (χ0) is 13.9. The highest BCUT2D eigenvalue weighted by Crippen LogP contribution is 2.36. The zero-order valence-electron chi connectivity index (χ0n) is 8.80. The van der Waals surface area contributed by atoms with Gasteiger partial charge in [0.1, 0.15) is 9.26 Å². The van der Waals surface area contributed by atoms with Crippen molar-refractivity contribution in [2.45, 2.75) is 0 Å². The van der Waals surface area contributed by atoms with E-state index in [1.54, 1.807) is 6.07 Å². The molecule has 0 radical (unpaired) electrons. The van der Waals surface area contributed by atoms with E-state index in [1.165, 1.54) is 6.07 Å². The van der Waals surface area contributed by atoms with Gasteiger partial charge in [-0.1, -0.05) is 0 Å². The SMILES string of the molecule is NC(N)=NC(N)=Nc1ccc(Br)c(I)c1[N+](=O)[O-]. The van der Waals surface area contributed by atoms with Gasteiger partial charge in [0.2, 0.25) is 5.96 Å². The first kappa shape index (κ1) is 14.6. The van der Waals surface area contributed by atoms with Gasteiger partial charge in [0.05, 0.1) is 4.92 Å². The standard InChI is InChI=1S/C8H8BrIN6O2/c9-3-1-2-4(6(5(3)10)16(17)18)14-8(13)15-7(11)12/h1-2H,(H6,11,12,13,14,15). The first-order valence-electron chi connectivity index (χ1n) is 4.39. The summed E-state index contributed by atoms with van der Waals surface area (Å²) in [6, 6.07) is 3.07. The molecule has 1 rings (SSSR count). The average Bonchev–Trinajstić information content (AvgIpc) is 2.21. The van der Waals surface area contributed by atoms with Crippen LogP contribution in [-0.4, -0.2) is 16.8 Å². The lowest BCUT2D eigenvalue weighted by atomic mass is 10.3. The summed E-state index contributed by atoms with van der Waals surface area (Å²) in [6.07, 6.45) is 0. The van der Waals surface area contributed by atoms with Crippen LogP contribution >= 0.6 is 38.5 Å². The van der Waals surface area contributed by atoms with E-state index in [1.807, 2.05) is 22.6 Å². The molecule has 0 unspecified atom stereocenters. The molecule has 1 aromatic carbocycles. The Morgan fingerprint density at radius 2 is 2.00 bits per heavy atom. The number of benzene rings is 1. The highest BCUT2D eigenvalue weighted by Gasteiger charge is 2.20. The van der Waals surface area contributed by atoms with Gasteiger partial charge in [0.25, 0.3) is 0 Å². The van der Waals surface area contributed by atoms with Gasteiger partial charge in [-0.15, -0.1) is 0 Å². The molecule has 10 heteroatoms. The number of halogens is 2. The van der Waals surface area contributed by atoms with Crippen LogP contribution in [0.4, 0.5) is 11.4 Å². The van der Waals surface area contributed by atoms with E-state index in [-0.39, 0.29) is 23.3 Å². The molecule has 0 amide bonds. The van der Waals surface area contributed by atoms with Crippen molar-refractivity contribution in [3.05, 3.63) is 30.3 Å². The highest BCUT2D eigenvalue weighted by atomic mass is 127. The number of guanidine groups is 2. The topological polar surface area (TPSA) is 146 Å². The van der Waals surface area contributed by atoms with Crippen LogP contribution in [-0.2, 0) is 0 Å². The molecule has 0 aliphatic carbocycles. The van der Waals surface area contributed by atoms with Crippen molar-refractivity contribution < 1.29 is 4.92 Å². The van der Waals surface area contributed by atoms with Gasteiger partial charge < -0.3 is 17.2 Å². The van der Waals surface area contributed by atoms with Gasteiger partial charge in [0, 0.05) is 4.47 Å². The number of nitrogens with zero attached hydrogens (tertiary/aromatic N) is 3. The molecular formula is C8H8BrIN6O2. The molecule has 0 aliphatic rings. The van der Waals surface area contributed by atoms with Gasteiger partial charge in [-0.3, -0.25) is 10.1 Å². The molecular weight excluding hydrogens is 419 g/mol. The Balaban J connectivity index is 3.38. The summed E-state index contributed by atoms with van der Waals surface area (Å²) in [5.74, 6) is -0.526.